The van der Waals surface area contributed by atoms with Crippen LogP contribution in [0.5, 0.6) is 0 Å². The van der Waals surface area contributed by atoms with Crippen molar-refractivity contribution >= 4 is 23.3 Å². The molecule has 1 fully saturated rings. The number of non-ortho nitro benzene ring substituents is 1. The van der Waals surface area contributed by atoms with Crippen molar-refractivity contribution in [3.8, 4) is 0 Å². The zero-order valence-corrected chi connectivity index (χ0v) is 14.8. The number of nitrogens with zero attached hydrogens (tertiary/aromatic N) is 3. The molecule has 0 radical (unpaired) electrons. The SMILES string of the molecule is COC(=O)c1cc([N+](=O)[O-])ccc1N1CCN(C(=O)c2ccccc2)CC1. The number of esters is 1. The highest BCUT2D eigenvalue weighted by atomic mass is 16.6. The molecule has 0 atom stereocenters. The molecule has 8 nitrogen and oxygen atoms in total. The number of piperazine rings is 1. The first-order valence-corrected chi connectivity index (χ1v) is 8.47. The van der Waals surface area contributed by atoms with Gasteiger partial charge in [-0.1, -0.05) is 18.2 Å². The Morgan fingerprint density at radius 2 is 1.70 bits per heavy atom. The summed E-state index contributed by atoms with van der Waals surface area (Å²) in [5.41, 5.74) is 1.18. The number of ether oxygens (including phenoxy) is 1. The van der Waals surface area contributed by atoms with E-state index in [0.717, 1.165) is 0 Å². The van der Waals surface area contributed by atoms with E-state index < -0.39 is 10.9 Å². The quantitative estimate of drug-likeness (QED) is 0.467. The highest BCUT2D eigenvalue weighted by molar-refractivity contribution is 5.97. The molecule has 27 heavy (non-hydrogen) atoms. The summed E-state index contributed by atoms with van der Waals surface area (Å²) in [6, 6.07) is 13.2. The van der Waals surface area contributed by atoms with E-state index in [2.05, 4.69) is 0 Å². The van der Waals surface area contributed by atoms with Crippen LogP contribution in [0.25, 0.3) is 0 Å². The molecule has 0 spiro atoms. The van der Waals surface area contributed by atoms with Gasteiger partial charge in [0.25, 0.3) is 11.6 Å². The number of carbonyl (C=O) groups is 2. The standard InChI is InChI=1S/C19H19N3O5/c1-27-19(24)16-13-15(22(25)26)7-8-17(16)20-9-11-21(12-10-20)18(23)14-5-3-2-4-6-14/h2-8,13H,9-12H2,1H3. The van der Waals surface area contributed by atoms with Gasteiger partial charge in [-0.2, -0.15) is 0 Å². The lowest BCUT2D eigenvalue weighted by Crippen LogP contribution is -2.49. The summed E-state index contributed by atoms with van der Waals surface area (Å²) in [4.78, 5) is 38.8. The van der Waals surface area contributed by atoms with Crippen molar-refractivity contribution in [2.75, 3.05) is 38.2 Å². The Bertz CT molecular complexity index is 861. The third-order valence-electron chi connectivity index (χ3n) is 4.52. The number of nitro benzene ring substituents is 1. The third-order valence-corrected chi connectivity index (χ3v) is 4.52. The van der Waals surface area contributed by atoms with E-state index in [4.69, 9.17) is 4.74 Å². The molecule has 0 aliphatic carbocycles. The number of hydrogen-bond donors (Lipinski definition) is 0. The van der Waals surface area contributed by atoms with Gasteiger partial charge in [0.1, 0.15) is 0 Å². The molecule has 2 aromatic rings. The second kappa shape index (κ2) is 7.86. The van der Waals surface area contributed by atoms with E-state index in [1.807, 2.05) is 23.1 Å². The van der Waals surface area contributed by atoms with Crippen molar-refractivity contribution in [2.45, 2.75) is 0 Å². The fourth-order valence-corrected chi connectivity index (χ4v) is 3.10. The number of rotatable bonds is 4. The first-order chi connectivity index (χ1) is 13.0. The normalized spacial score (nSPS) is 14.0. The second-order valence-electron chi connectivity index (χ2n) is 6.10. The Hall–Kier alpha value is -3.42. The fourth-order valence-electron chi connectivity index (χ4n) is 3.10. The Morgan fingerprint density at radius 3 is 2.30 bits per heavy atom. The maximum atomic E-state index is 12.5. The van der Waals surface area contributed by atoms with Crippen molar-refractivity contribution in [3.63, 3.8) is 0 Å². The molecule has 1 aliphatic heterocycles. The van der Waals surface area contributed by atoms with Gasteiger partial charge in [0.15, 0.2) is 0 Å². The molecule has 8 heteroatoms. The summed E-state index contributed by atoms with van der Waals surface area (Å²) in [5, 5.41) is 11.0. The Balaban J connectivity index is 1.77. The van der Waals surface area contributed by atoms with Crippen LogP contribution in [0.15, 0.2) is 48.5 Å². The maximum Gasteiger partial charge on any atom is 0.340 e. The van der Waals surface area contributed by atoms with Gasteiger partial charge < -0.3 is 14.5 Å². The van der Waals surface area contributed by atoms with Crippen molar-refractivity contribution in [1.82, 2.24) is 4.90 Å². The summed E-state index contributed by atoms with van der Waals surface area (Å²) < 4.78 is 4.77. The Kier molecular flexibility index (Phi) is 5.35. The van der Waals surface area contributed by atoms with E-state index in [0.29, 0.717) is 37.4 Å². The van der Waals surface area contributed by atoms with E-state index >= 15 is 0 Å². The van der Waals surface area contributed by atoms with Gasteiger partial charge in [-0.05, 0) is 18.2 Å². The van der Waals surface area contributed by atoms with Gasteiger partial charge in [-0.3, -0.25) is 14.9 Å². The van der Waals surface area contributed by atoms with Crippen LogP contribution in [0, 0.1) is 10.1 Å². The van der Waals surface area contributed by atoms with Crippen LogP contribution in [0.2, 0.25) is 0 Å². The van der Waals surface area contributed by atoms with Gasteiger partial charge in [-0.25, -0.2) is 4.79 Å². The predicted molar refractivity (Wildman–Crippen MR) is 99.0 cm³/mol. The number of carbonyl (C=O) groups excluding carboxylic acids is 2. The highest BCUT2D eigenvalue weighted by Gasteiger charge is 2.26. The van der Waals surface area contributed by atoms with Crippen LogP contribution < -0.4 is 4.90 Å². The van der Waals surface area contributed by atoms with E-state index in [9.17, 15) is 19.7 Å². The third kappa shape index (κ3) is 3.89. The minimum Gasteiger partial charge on any atom is -0.465 e. The molecular formula is C19H19N3O5. The van der Waals surface area contributed by atoms with Gasteiger partial charge in [0.2, 0.25) is 0 Å². The zero-order chi connectivity index (χ0) is 19.4. The Morgan fingerprint density at radius 1 is 1.04 bits per heavy atom. The molecule has 0 N–H and O–H groups in total. The molecule has 0 saturated carbocycles. The molecule has 0 unspecified atom stereocenters. The van der Waals surface area contributed by atoms with Crippen LogP contribution in [-0.2, 0) is 4.74 Å². The second-order valence-corrected chi connectivity index (χ2v) is 6.10. The minimum atomic E-state index is -0.628. The molecule has 0 aromatic heterocycles. The van der Waals surface area contributed by atoms with Crippen molar-refractivity contribution in [1.29, 1.82) is 0 Å². The zero-order valence-electron chi connectivity index (χ0n) is 14.8. The monoisotopic (exact) mass is 369 g/mol. The Labute approximate surface area is 156 Å². The number of nitro groups is 1. The smallest absolute Gasteiger partial charge is 0.340 e. The van der Waals surface area contributed by atoms with Gasteiger partial charge >= 0.3 is 5.97 Å². The molecule has 140 valence electrons. The molecule has 3 rings (SSSR count). The van der Waals surface area contributed by atoms with E-state index in [1.165, 1.54) is 19.2 Å². The van der Waals surface area contributed by atoms with Crippen LogP contribution in [-0.4, -0.2) is 55.0 Å². The van der Waals surface area contributed by atoms with E-state index in [-0.39, 0.29) is 17.2 Å². The van der Waals surface area contributed by atoms with Crippen LogP contribution in [0.4, 0.5) is 11.4 Å². The largest absolute Gasteiger partial charge is 0.465 e. The summed E-state index contributed by atoms with van der Waals surface area (Å²) in [6.45, 7) is 2.01. The lowest BCUT2D eigenvalue weighted by atomic mass is 10.1. The summed E-state index contributed by atoms with van der Waals surface area (Å²) in [7, 11) is 1.24. The van der Waals surface area contributed by atoms with Gasteiger partial charge in [-0.15, -0.1) is 0 Å². The summed E-state index contributed by atoms with van der Waals surface area (Å²) in [6.07, 6.45) is 0. The molecule has 1 saturated heterocycles. The minimum absolute atomic E-state index is 0.0351. The fraction of sp³-hybridized carbons (Fsp3) is 0.263. The first-order valence-electron chi connectivity index (χ1n) is 8.47. The summed E-state index contributed by atoms with van der Waals surface area (Å²) >= 11 is 0. The number of amides is 1. The van der Waals surface area contributed by atoms with Crippen LogP contribution in [0.3, 0.4) is 0 Å². The van der Waals surface area contributed by atoms with Gasteiger partial charge in [0.05, 0.1) is 23.3 Å². The molecule has 0 bridgehead atoms. The molecule has 1 heterocycles. The maximum absolute atomic E-state index is 12.5. The average Bonchev–Trinajstić information content (AvgIpc) is 2.73. The van der Waals surface area contributed by atoms with Crippen molar-refractivity contribution in [3.05, 3.63) is 69.8 Å². The van der Waals surface area contributed by atoms with E-state index in [1.54, 1.807) is 23.1 Å². The van der Waals surface area contributed by atoms with Crippen LogP contribution >= 0.6 is 0 Å². The van der Waals surface area contributed by atoms with Crippen LogP contribution in [0.1, 0.15) is 20.7 Å². The lowest BCUT2D eigenvalue weighted by molar-refractivity contribution is -0.384. The number of anilines is 1. The lowest BCUT2D eigenvalue weighted by Gasteiger charge is -2.36. The number of methoxy groups -OCH3 is 1. The predicted octanol–water partition coefficient (Wildman–Crippen LogP) is 2.34. The number of hydrogen-bond acceptors (Lipinski definition) is 6. The molecule has 2 aromatic carbocycles. The topological polar surface area (TPSA) is 93.0 Å². The highest BCUT2D eigenvalue weighted by Crippen LogP contribution is 2.27. The molecular weight excluding hydrogens is 350 g/mol. The van der Waals surface area contributed by atoms with Crippen molar-refractivity contribution < 1.29 is 19.2 Å². The van der Waals surface area contributed by atoms with Crippen molar-refractivity contribution in [2.24, 2.45) is 0 Å². The summed E-state index contributed by atoms with van der Waals surface area (Å²) in [5.74, 6) is -0.663. The molecule has 1 amide bonds. The number of benzene rings is 2. The molecule has 1 aliphatic rings. The first kappa shape index (κ1) is 18.4. The van der Waals surface area contributed by atoms with Gasteiger partial charge in [0, 0.05) is 43.9 Å². The average molecular weight is 369 g/mol.